The molecule has 1 fully saturated rings. The molecule has 1 saturated carbocycles. The van der Waals surface area contributed by atoms with Crippen LogP contribution in [0, 0.1) is 5.92 Å². The Balaban J connectivity index is 2.03. The Morgan fingerprint density at radius 3 is 2.40 bits per heavy atom. The second kappa shape index (κ2) is 6.55. The van der Waals surface area contributed by atoms with Gasteiger partial charge in [-0.15, -0.1) is 0 Å². The molecule has 20 heavy (non-hydrogen) atoms. The van der Waals surface area contributed by atoms with Crippen molar-refractivity contribution in [3.63, 3.8) is 0 Å². The Labute approximate surface area is 120 Å². The lowest BCUT2D eigenvalue weighted by molar-refractivity contribution is -0.114. The van der Waals surface area contributed by atoms with Crippen molar-refractivity contribution in [1.29, 1.82) is 0 Å². The van der Waals surface area contributed by atoms with Gasteiger partial charge >= 0.3 is 0 Å². The van der Waals surface area contributed by atoms with Crippen molar-refractivity contribution in [2.45, 2.75) is 33.1 Å². The summed E-state index contributed by atoms with van der Waals surface area (Å²) in [5, 5.41) is 2.70. The Bertz CT molecular complexity index is 478. The molecule has 0 heterocycles. The number of rotatable bonds is 6. The molecule has 1 aromatic rings. The van der Waals surface area contributed by atoms with E-state index in [0.29, 0.717) is 11.5 Å². The molecule has 4 nitrogen and oxygen atoms in total. The molecule has 0 aliphatic heterocycles. The first-order valence-corrected chi connectivity index (χ1v) is 7.27. The highest BCUT2D eigenvalue weighted by molar-refractivity contribution is 5.95. The Kier molecular flexibility index (Phi) is 4.77. The van der Waals surface area contributed by atoms with E-state index in [2.05, 4.69) is 12.2 Å². The van der Waals surface area contributed by atoms with Gasteiger partial charge in [0.05, 0.1) is 0 Å². The summed E-state index contributed by atoms with van der Waals surface area (Å²) in [5.74, 6) is 0.683. The van der Waals surface area contributed by atoms with Crippen molar-refractivity contribution >= 4 is 17.5 Å². The van der Waals surface area contributed by atoms with Crippen LogP contribution in [0.25, 0.3) is 0 Å². The van der Waals surface area contributed by atoms with Gasteiger partial charge < -0.3 is 10.2 Å². The molecule has 0 aromatic heterocycles. The zero-order valence-electron chi connectivity index (χ0n) is 12.2. The van der Waals surface area contributed by atoms with Gasteiger partial charge in [0.15, 0.2) is 0 Å². The molecule has 1 aliphatic rings. The SMILES string of the molecule is CCCN(CC1CC1)C(=O)c1ccc(NC(C)=O)cc1. The van der Waals surface area contributed by atoms with Crippen molar-refractivity contribution in [2.75, 3.05) is 18.4 Å². The topological polar surface area (TPSA) is 49.4 Å². The van der Waals surface area contributed by atoms with E-state index in [9.17, 15) is 9.59 Å². The Morgan fingerprint density at radius 1 is 1.25 bits per heavy atom. The highest BCUT2D eigenvalue weighted by Gasteiger charge is 2.26. The molecule has 1 aromatic carbocycles. The number of carbonyl (C=O) groups is 2. The lowest BCUT2D eigenvalue weighted by Gasteiger charge is -2.22. The summed E-state index contributed by atoms with van der Waals surface area (Å²) in [4.78, 5) is 25.4. The molecule has 2 amide bonds. The molecular weight excluding hydrogens is 252 g/mol. The predicted molar refractivity (Wildman–Crippen MR) is 79.7 cm³/mol. The number of nitrogens with one attached hydrogen (secondary N) is 1. The first-order chi connectivity index (χ1) is 9.60. The van der Waals surface area contributed by atoms with E-state index in [0.717, 1.165) is 25.2 Å². The molecule has 108 valence electrons. The summed E-state index contributed by atoms with van der Waals surface area (Å²) in [6.07, 6.45) is 3.46. The van der Waals surface area contributed by atoms with Gasteiger partial charge in [0.25, 0.3) is 5.91 Å². The third kappa shape index (κ3) is 4.08. The molecule has 0 atom stereocenters. The highest BCUT2D eigenvalue weighted by Crippen LogP contribution is 2.30. The lowest BCUT2D eigenvalue weighted by Crippen LogP contribution is -2.33. The second-order valence-electron chi connectivity index (χ2n) is 5.45. The molecule has 1 N–H and O–H groups in total. The normalized spacial score (nSPS) is 13.9. The zero-order chi connectivity index (χ0) is 14.5. The minimum Gasteiger partial charge on any atom is -0.338 e. The number of amides is 2. The largest absolute Gasteiger partial charge is 0.338 e. The van der Waals surface area contributed by atoms with Crippen LogP contribution < -0.4 is 5.32 Å². The predicted octanol–water partition coefficient (Wildman–Crippen LogP) is 2.91. The van der Waals surface area contributed by atoms with Crippen LogP contribution in [0.1, 0.15) is 43.5 Å². The lowest BCUT2D eigenvalue weighted by atomic mass is 10.1. The van der Waals surface area contributed by atoms with Gasteiger partial charge in [0, 0.05) is 31.3 Å². The summed E-state index contributed by atoms with van der Waals surface area (Å²) in [5.41, 5.74) is 1.41. The molecular formula is C16H22N2O2. The molecule has 4 heteroatoms. The van der Waals surface area contributed by atoms with E-state index >= 15 is 0 Å². The molecule has 0 radical (unpaired) electrons. The summed E-state index contributed by atoms with van der Waals surface area (Å²) >= 11 is 0. The quantitative estimate of drug-likeness (QED) is 0.867. The van der Waals surface area contributed by atoms with Crippen molar-refractivity contribution in [2.24, 2.45) is 5.92 Å². The van der Waals surface area contributed by atoms with Gasteiger partial charge in [-0.05, 0) is 49.4 Å². The fraction of sp³-hybridized carbons (Fsp3) is 0.500. The van der Waals surface area contributed by atoms with Crippen LogP contribution in [0.5, 0.6) is 0 Å². The molecule has 0 bridgehead atoms. The summed E-state index contributed by atoms with van der Waals surface area (Å²) in [7, 11) is 0. The van der Waals surface area contributed by atoms with Gasteiger partial charge in [-0.1, -0.05) is 6.92 Å². The minimum atomic E-state index is -0.106. The molecule has 1 aliphatic carbocycles. The van der Waals surface area contributed by atoms with E-state index in [1.165, 1.54) is 19.8 Å². The van der Waals surface area contributed by atoms with Crippen molar-refractivity contribution < 1.29 is 9.59 Å². The summed E-state index contributed by atoms with van der Waals surface area (Å²) in [6.45, 7) is 5.24. The second-order valence-corrected chi connectivity index (χ2v) is 5.45. The van der Waals surface area contributed by atoms with Crippen LogP contribution in [0.3, 0.4) is 0 Å². The van der Waals surface area contributed by atoms with Crippen molar-refractivity contribution in [3.05, 3.63) is 29.8 Å². The van der Waals surface area contributed by atoms with E-state index < -0.39 is 0 Å². The first-order valence-electron chi connectivity index (χ1n) is 7.27. The molecule has 0 saturated heterocycles. The number of anilines is 1. The summed E-state index contributed by atoms with van der Waals surface area (Å²) in [6, 6.07) is 7.11. The smallest absolute Gasteiger partial charge is 0.253 e. The van der Waals surface area contributed by atoms with E-state index in [-0.39, 0.29) is 11.8 Å². The monoisotopic (exact) mass is 274 g/mol. The highest BCUT2D eigenvalue weighted by atomic mass is 16.2. The Morgan fingerprint density at radius 2 is 1.90 bits per heavy atom. The van der Waals surface area contributed by atoms with Crippen LogP contribution in [0.4, 0.5) is 5.69 Å². The van der Waals surface area contributed by atoms with Gasteiger partial charge in [0.1, 0.15) is 0 Å². The Hall–Kier alpha value is -1.84. The maximum absolute atomic E-state index is 12.5. The van der Waals surface area contributed by atoms with Crippen LogP contribution in [0.2, 0.25) is 0 Å². The first kappa shape index (κ1) is 14.6. The van der Waals surface area contributed by atoms with Crippen LogP contribution in [-0.4, -0.2) is 29.8 Å². The van der Waals surface area contributed by atoms with Crippen LogP contribution >= 0.6 is 0 Å². The fourth-order valence-electron chi connectivity index (χ4n) is 2.24. The number of hydrogen-bond donors (Lipinski definition) is 1. The average molecular weight is 274 g/mol. The fourth-order valence-corrected chi connectivity index (χ4v) is 2.24. The maximum Gasteiger partial charge on any atom is 0.253 e. The third-order valence-electron chi connectivity index (χ3n) is 3.41. The third-order valence-corrected chi connectivity index (χ3v) is 3.41. The van der Waals surface area contributed by atoms with Crippen molar-refractivity contribution in [3.8, 4) is 0 Å². The zero-order valence-corrected chi connectivity index (χ0v) is 12.2. The van der Waals surface area contributed by atoms with Gasteiger partial charge in [0.2, 0.25) is 5.91 Å². The molecule has 0 unspecified atom stereocenters. The van der Waals surface area contributed by atoms with Crippen LogP contribution in [-0.2, 0) is 4.79 Å². The molecule has 2 rings (SSSR count). The van der Waals surface area contributed by atoms with E-state index in [1.54, 1.807) is 24.3 Å². The standard InChI is InChI=1S/C16H22N2O2/c1-3-10-18(11-13-4-5-13)16(20)14-6-8-15(9-7-14)17-12(2)19/h6-9,13H,3-5,10-11H2,1-2H3,(H,17,19). The van der Waals surface area contributed by atoms with Gasteiger partial charge in [-0.2, -0.15) is 0 Å². The van der Waals surface area contributed by atoms with Gasteiger partial charge in [-0.25, -0.2) is 0 Å². The van der Waals surface area contributed by atoms with E-state index in [1.807, 2.05) is 4.90 Å². The summed E-state index contributed by atoms with van der Waals surface area (Å²) < 4.78 is 0. The van der Waals surface area contributed by atoms with E-state index in [4.69, 9.17) is 0 Å². The minimum absolute atomic E-state index is 0.0909. The number of carbonyl (C=O) groups excluding carboxylic acids is 2. The van der Waals surface area contributed by atoms with Crippen LogP contribution in [0.15, 0.2) is 24.3 Å². The maximum atomic E-state index is 12.5. The van der Waals surface area contributed by atoms with Crippen molar-refractivity contribution in [1.82, 2.24) is 4.90 Å². The number of benzene rings is 1. The number of hydrogen-bond acceptors (Lipinski definition) is 2. The van der Waals surface area contributed by atoms with Gasteiger partial charge in [-0.3, -0.25) is 9.59 Å². The average Bonchev–Trinajstić information content (AvgIpc) is 3.22. The molecule has 0 spiro atoms. The number of nitrogens with zero attached hydrogens (tertiary/aromatic N) is 1.